The molecule has 0 saturated carbocycles. The highest BCUT2D eigenvalue weighted by Crippen LogP contribution is 2.17. The molecule has 2 heterocycles. The summed E-state index contributed by atoms with van der Waals surface area (Å²) >= 11 is 0. The van der Waals surface area contributed by atoms with Gasteiger partial charge in [-0.2, -0.15) is 0 Å². The Hall–Kier alpha value is -1.20. The van der Waals surface area contributed by atoms with Crippen molar-refractivity contribution in [3.8, 4) is 0 Å². The van der Waals surface area contributed by atoms with Crippen LogP contribution in [-0.4, -0.2) is 42.8 Å². The van der Waals surface area contributed by atoms with E-state index >= 15 is 0 Å². The summed E-state index contributed by atoms with van der Waals surface area (Å²) in [5.41, 5.74) is 1.14. The van der Waals surface area contributed by atoms with Crippen LogP contribution in [0, 0.1) is 0 Å². The molecule has 5 nitrogen and oxygen atoms in total. The van der Waals surface area contributed by atoms with Gasteiger partial charge in [-0.1, -0.05) is 6.92 Å². The molecule has 1 aliphatic rings. The van der Waals surface area contributed by atoms with Crippen molar-refractivity contribution >= 4 is 5.95 Å². The lowest BCUT2D eigenvalue weighted by Crippen LogP contribution is -2.37. The summed E-state index contributed by atoms with van der Waals surface area (Å²) < 4.78 is 5.37. The van der Waals surface area contributed by atoms with Crippen LogP contribution in [0.3, 0.4) is 0 Å². The molecule has 0 spiro atoms. The quantitative estimate of drug-likeness (QED) is 0.791. The van der Waals surface area contributed by atoms with Gasteiger partial charge in [0, 0.05) is 44.7 Å². The third-order valence-corrected chi connectivity index (χ3v) is 3.51. The molecule has 0 amide bonds. The Labute approximate surface area is 115 Å². The lowest BCUT2D eigenvalue weighted by molar-refractivity contribution is 0.0816. The molecule has 5 heteroatoms. The highest BCUT2D eigenvalue weighted by atomic mass is 16.5. The average Bonchev–Trinajstić information content (AvgIpc) is 2.48. The molecule has 106 valence electrons. The van der Waals surface area contributed by atoms with Crippen molar-refractivity contribution in [2.24, 2.45) is 0 Å². The summed E-state index contributed by atoms with van der Waals surface area (Å²) in [4.78, 5) is 11.2. The fourth-order valence-corrected chi connectivity index (χ4v) is 2.30. The zero-order chi connectivity index (χ0) is 13.5. The van der Waals surface area contributed by atoms with Gasteiger partial charge in [0.2, 0.25) is 5.95 Å². The minimum Gasteiger partial charge on any atom is -0.381 e. The molecule has 1 aromatic rings. The zero-order valence-electron chi connectivity index (χ0n) is 11.9. The molecule has 1 saturated heterocycles. The van der Waals surface area contributed by atoms with Crippen LogP contribution >= 0.6 is 0 Å². The number of anilines is 1. The monoisotopic (exact) mass is 264 g/mol. The van der Waals surface area contributed by atoms with Crippen LogP contribution in [0.25, 0.3) is 0 Å². The lowest BCUT2D eigenvalue weighted by Gasteiger charge is -2.31. The third kappa shape index (κ3) is 4.14. The molecular formula is C14H24N4O. The van der Waals surface area contributed by atoms with Crippen molar-refractivity contribution in [1.82, 2.24) is 15.3 Å². The minimum absolute atomic E-state index is 0.397. The van der Waals surface area contributed by atoms with Gasteiger partial charge in [-0.15, -0.1) is 0 Å². The number of nitrogens with one attached hydrogen (secondary N) is 1. The largest absolute Gasteiger partial charge is 0.381 e. The van der Waals surface area contributed by atoms with Crippen molar-refractivity contribution in [1.29, 1.82) is 0 Å². The Balaban J connectivity index is 1.84. The summed E-state index contributed by atoms with van der Waals surface area (Å²) in [6.45, 7) is 6.00. The Kier molecular flexibility index (Phi) is 5.54. The van der Waals surface area contributed by atoms with Gasteiger partial charge >= 0.3 is 0 Å². The van der Waals surface area contributed by atoms with E-state index in [4.69, 9.17) is 4.74 Å². The second kappa shape index (κ2) is 7.40. The van der Waals surface area contributed by atoms with E-state index in [1.807, 2.05) is 12.4 Å². The Morgan fingerprint density at radius 1 is 1.32 bits per heavy atom. The van der Waals surface area contributed by atoms with Crippen LogP contribution in [0.4, 0.5) is 5.95 Å². The number of hydrogen-bond acceptors (Lipinski definition) is 5. The molecule has 1 aliphatic heterocycles. The van der Waals surface area contributed by atoms with Gasteiger partial charge in [-0.25, -0.2) is 9.97 Å². The van der Waals surface area contributed by atoms with Gasteiger partial charge in [-0.05, 0) is 25.8 Å². The molecular weight excluding hydrogens is 240 g/mol. The van der Waals surface area contributed by atoms with Gasteiger partial charge in [0.05, 0.1) is 6.10 Å². The number of aromatic nitrogens is 2. The molecule has 0 aliphatic carbocycles. The number of ether oxygens (including phenoxy) is 1. The van der Waals surface area contributed by atoms with E-state index < -0.39 is 0 Å². The normalized spacial score (nSPS) is 16.8. The highest BCUT2D eigenvalue weighted by molar-refractivity contribution is 5.30. The van der Waals surface area contributed by atoms with Gasteiger partial charge in [0.15, 0.2) is 0 Å². The molecule has 0 atom stereocenters. The molecule has 1 fully saturated rings. The SMILES string of the molecule is CCCNCc1cnc(N2CCC(OC)CC2)nc1. The van der Waals surface area contributed by atoms with Crippen LogP contribution < -0.4 is 10.2 Å². The second-order valence-corrected chi connectivity index (χ2v) is 4.99. The molecule has 0 aromatic carbocycles. The van der Waals surface area contributed by atoms with Gasteiger partial charge in [-0.3, -0.25) is 0 Å². The molecule has 0 radical (unpaired) electrons. The standard InChI is InChI=1S/C14H24N4O/c1-3-6-15-9-12-10-16-14(17-11-12)18-7-4-13(19-2)5-8-18/h10-11,13,15H,3-9H2,1-2H3. The second-order valence-electron chi connectivity index (χ2n) is 4.99. The van der Waals surface area contributed by atoms with E-state index in [1.54, 1.807) is 7.11 Å². The van der Waals surface area contributed by atoms with Gasteiger partial charge in [0.25, 0.3) is 0 Å². The summed E-state index contributed by atoms with van der Waals surface area (Å²) in [5.74, 6) is 0.841. The molecule has 2 rings (SSSR count). The van der Waals surface area contributed by atoms with E-state index in [9.17, 15) is 0 Å². The van der Waals surface area contributed by atoms with Crippen LogP contribution in [0.5, 0.6) is 0 Å². The molecule has 1 N–H and O–H groups in total. The van der Waals surface area contributed by atoms with Crippen molar-refractivity contribution in [3.05, 3.63) is 18.0 Å². The van der Waals surface area contributed by atoms with E-state index in [0.717, 1.165) is 57.0 Å². The third-order valence-electron chi connectivity index (χ3n) is 3.51. The summed E-state index contributed by atoms with van der Waals surface area (Å²) in [7, 11) is 1.79. The van der Waals surface area contributed by atoms with Crippen LogP contribution in [-0.2, 0) is 11.3 Å². The van der Waals surface area contributed by atoms with Crippen LogP contribution in [0.1, 0.15) is 31.7 Å². The Bertz CT molecular complexity index is 360. The lowest BCUT2D eigenvalue weighted by atomic mass is 10.1. The number of nitrogens with zero attached hydrogens (tertiary/aromatic N) is 3. The first kappa shape index (κ1) is 14.2. The molecule has 19 heavy (non-hydrogen) atoms. The van der Waals surface area contributed by atoms with E-state index in [0.29, 0.717) is 6.10 Å². The predicted octanol–water partition coefficient (Wildman–Crippen LogP) is 1.59. The first-order valence-electron chi connectivity index (χ1n) is 7.13. The van der Waals surface area contributed by atoms with Crippen LogP contribution in [0.2, 0.25) is 0 Å². The number of rotatable bonds is 6. The number of piperidine rings is 1. The van der Waals surface area contributed by atoms with Crippen LogP contribution in [0.15, 0.2) is 12.4 Å². The number of methoxy groups -OCH3 is 1. The van der Waals surface area contributed by atoms with E-state index in [-0.39, 0.29) is 0 Å². The highest BCUT2D eigenvalue weighted by Gasteiger charge is 2.20. The van der Waals surface area contributed by atoms with Gasteiger partial charge in [0.1, 0.15) is 0 Å². The van der Waals surface area contributed by atoms with Crippen molar-refractivity contribution < 1.29 is 4.74 Å². The Morgan fingerprint density at radius 2 is 2.00 bits per heavy atom. The fraction of sp³-hybridized carbons (Fsp3) is 0.714. The van der Waals surface area contributed by atoms with Crippen molar-refractivity contribution in [2.45, 2.75) is 38.8 Å². The van der Waals surface area contributed by atoms with Crippen molar-refractivity contribution in [2.75, 3.05) is 31.6 Å². The summed E-state index contributed by atoms with van der Waals surface area (Å²) in [6.07, 6.45) is 7.50. The topological polar surface area (TPSA) is 50.3 Å². The van der Waals surface area contributed by atoms with E-state index in [2.05, 4.69) is 27.1 Å². The Morgan fingerprint density at radius 3 is 2.58 bits per heavy atom. The zero-order valence-corrected chi connectivity index (χ0v) is 11.9. The average molecular weight is 264 g/mol. The summed E-state index contributed by atoms with van der Waals surface area (Å²) in [6, 6.07) is 0. The maximum Gasteiger partial charge on any atom is 0.225 e. The molecule has 1 aromatic heterocycles. The first-order valence-corrected chi connectivity index (χ1v) is 7.13. The summed E-state index contributed by atoms with van der Waals surface area (Å²) in [5, 5.41) is 3.35. The van der Waals surface area contributed by atoms with Crippen molar-refractivity contribution in [3.63, 3.8) is 0 Å². The maximum absolute atomic E-state index is 5.37. The van der Waals surface area contributed by atoms with Gasteiger partial charge < -0.3 is 15.0 Å². The maximum atomic E-state index is 5.37. The predicted molar refractivity (Wildman–Crippen MR) is 76.3 cm³/mol. The smallest absolute Gasteiger partial charge is 0.225 e. The molecule has 0 unspecified atom stereocenters. The fourth-order valence-electron chi connectivity index (χ4n) is 2.30. The number of hydrogen-bond donors (Lipinski definition) is 1. The minimum atomic E-state index is 0.397. The first-order chi connectivity index (χ1) is 9.33. The molecule has 0 bridgehead atoms. The van der Waals surface area contributed by atoms with E-state index in [1.165, 1.54) is 0 Å².